The molecule has 1 heterocycles. The van der Waals surface area contributed by atoms with Gasteiger partial charge in [-0.2, -0.15) is 0 Å². The monoisotopic (exact) mass is 252 g/mol. The van der Waals surface area contributed by atoms with Crippen LogP contribution in [-0.2, 0) is 17.8 Å². The van der Waals surface area contributed by atoms with Gasteiger partial charge in [0.15, 0.2) is 0 Å². The third-order valence-electron chi connectivity index (χ3n) is 3.31. The molecule has 1 aliphatic carbocycles. The molecule has 0 saturated heterocycles. The summed E-state index contributed by atoms with van der Waals surface area (Å²) in [5.41, 5.74) is 3.67. The quantitative estimate of drug-likeness (QED) is 0.847. The lowest BCUT2D eigenvalue weighted by atomic mass is 10.0. The van der Waals surface area contributed by atoms with Crippen molar-refractivity contribution in [2.75, 3.05) is 11.9 Å². The molecular formula is C13H17ClN2O. The lowest BCUT2D eigenvalue weighted by molar-refractivity contribution is -0.117. The van der Waals surface area contributed by atoms with Crippen molar-refractivity contribution in [1.82, 2.24) is 5.32 Å². The highest BCUT2D eigenvalue weighted by atomic mass is 35.5. The zero-order chi connectivity index (χ0) is 11.0. The molecule has 1 saturated carbocycles. The molecule has 0 aromatic heterocycles. The first-order chi connectivity index (χ1) is 7.83. The van der Waals surface area contributed by atoms with E-state index in [-0.39, 0.29) is 24.2 Å². The average Bonchev–Trinajstić information content (AvgIpc) is 3.12. The normalized spacial score (nSPS) is 17.9. The van der Waals surface area contributed by atoms with Crippen molar-refractivity contribution in [2.24, 2.45) is 5.92 Å². The molecular weight excluding hydrogens is 236 g/mol. The third kappa shape index (κ3) is 2.79. The topological polar surface area (TPSA) is 41.1 Å². The van der Waals surface area contributed by atoms with Gasteiger partial charge in [-0.25, -0.2) is 0 Å². The number of rotatable bonds is 2. The van der Waals surface area contributed by atoms with Crippen molar-refractivity contribution in [2.45, 2.75) is 25.8 Å². The van der Waals surface area contributed by atoms with Gasteiger partial charge in [-0.05, 0) is 49.1 Å². The summed E-state index contributed by atoms with van der Waals surface area (Å²) >= 11 is 0. The molecule has 2 aliphatic rings. The van der Waals surface area contributed by atoms with Crippen LogP contribution < -0.4 is 10.6 Å². The predicted molar refractivity (Wildman–Crippen MR) is 70.5 cm³/mol. The van der Waals surface area contributed by atoms with Crippen LogP contribution in [0.5, 0.6) is 0 Å². The largest absolute Gasteiger partial charge is 0.326 e. The summed E-state index contributed by atoms with van der Waals surface area (Å²) in [4.78, 5) is 11.6. The Morgan fingerprint density at radius 2 is 2.12 bits per heavy atom. The molecule has 3 rings (SSSR count). The van der Waals surface area contributed by atoms with E-state index in [9.17, 15) is 4.79 Å². The molecule has 4 heteroatoms. The molecule has 92 valence electrons. The minimum absolute atomic E-state index is 0. The Morgan fingerprint density at radius 3 is 2.88 bits per heavy atom. The first-order valence-electron chi connectivity index (χ1n) is 5.96. The van der Waals surface area contributed by atoms with E-state index in [1.54, 1.807) is 0 Å². The molecule has 3 nitrogen and oxygen atoms in total. The van der Waals surface area contributed by atoms with Crippen molar-refractivity contribution < 1.29 is 4.79 Å². The lowest BCUT2D eigenvalue weighted by Gasteiger charge is -2.18. The van der Waals surface area contributed by atoms with Gasteiger partial charge >= 0.3 is 0 Å². The SMILES string of the molecule is Cl.O=C(Nc1ccc2c(c1)CNCC2)C1CC1. The van der Waals surface area contributed by atoms with Crippen LogP contribution in [0.2, 0.25) is 0 Å². The summed E-state index contributed by atoms with van der Waals surface area (Å²) in [5, 5.41) is 6.33. The fourth-order valence-electron chi connectivity index (χ4n) is 2.15. The van der Waals surface area contributed by atoms with Crippen molar-refractivity contribution >= 4 is 24.0 Å². The Bertz CT molecular complexity index is 429. The van der Waals surface area contributed by atoms with E-state index in [2.05, 4.69) is 22.8 Å². The van der Waals surface area contributed by atoms with Crippen LogP contribution in [0.1, 0.15) is 24.0 Å². The summed E-state index contributed by atoms with van der Waals surface area (Å²) in [5.74, 6) is 0.456. The van der Waals surface area contributed by atoms with Gasteiger partial charge < -0.3 is 10.6 Å². The van der Waals surface area contributed by atoms with Gasteiger partial charge in [-0.1, -0.05) is 6.07 Å². The summed E-state index contributed by atoms with van der Waals surface area (Å²) in [6.45, 7) is 1.98. The van der Waals surface area contributed by atoms with Gasteiger partial charge in [0.25, 0.3) is 0 Å². The Labute approximate surface area is 107 Å². The van der Waals surface area contributed by atoms with E-state index in [1.807, 2.05) is 6.07 Å². The van der Waals surface area contributed by atoms with Crippen LogP contribution >= 0.6 is 12.4 Å². The Hall–Kier alpha value is -1.06. The minimum atomic E-state index is 0. The Morgan fingerprint density at radius 1 is 1.29 bits per heavy atom. The summed E-state index contributed by atoms with van der Waals surface area (Å²) in [7, 11) is 0. The number of halogens is 1. The van der Waals surface area contributed by atoms with Crippen molar-refractivity contribution in [3.8, 4) is 0 Å². The van der Waals surface area contributed by atoms with Crippen molar-refractivity contribution in [3.05, 3.63) is 29.3 Å². The van der Waals surface area contributed by atoms with Crippen LogP contribution in [0.4, 0.5) is 5.69 Å². The van der Waals surface area contributed by atoms with Gasteiger partial charge in [0, 0.05) is 18.2 Å². The zero-order valence-electron chi connectivity index (χ0n) is 9.66. The molecule has 0 bridgehead atoms. The van der Waals surface area contributed by atoms with Crippen molar-refractivity contribution in [3.63, 3.8) is 0 Å². The highest BCUT2D eigenvalue weighted by molar-refractivity contribution is 5.94. The molecule has 1 amide bonds. The molecule has 17 heavy (non-hydrogen) atoms. The number of carbonyl (C=O) groups excluding carboxylic acids is 1. The van der Waals surface area contributed by atoms with Crippen LogP contribution in [0, 0.1) is 5.92 Å². The highest BCUT2D eigenvalue weighted by Crippen LogP contribution is 2.30. The first-order valence-corrected chi connectivity index (χ1v) is 5.96. The number of amides is 1. The van der Waals surface area contributed by atoms with Gasteiger partial charge in [-0.3, -0.25) is 4.79 Å². The van der Waals surface area contributed by atoms with Crippen LogP contribution in [0.3, 0.4) is 0 Å². The molecule has 2 N–H and O–H groups in total. The lowest BCUT2D eigenvalue weighted by Crippen LogP contribution is -2.23. The fourth-order valence-corrected chi connectivity index (χ4v) is 2.15. The van der Waals surface area contributed by atoms with E-state index in [0.717, 1.165) is 38.0 Å². The van der Waals surface area contributed by atoms with Gasteiger partial charge in [0.05, 0.1) is 0 Å². The Balaban J connectivity index is 0.00000108. The maximum Gasteiger partial charge on any atom is 0.227 e. The maximum absolute atomic E-state index is 11.6. The average molecular weight is 253 g/mol. The molecule has 1 fully saturated rings. The summed E-state index contributed by atoms with van der Waals surface area (Å²) in [6, 6.07) is 6.25. The maximum atomic E-state index is 11.6. The zero-order valence-corrected chi connectivity index (χ0v) is 10.5. The van der Waals surface area contributed by atoms with Crippen LogP contribution in [0.15, 0.2) is 18.2 Å². The number of benzene rings is 1. The van der Waals surface area contributed by atoms with E-state index in [1.165, 1.54) is 11.1 Å². The van der Waals surface area contributed by atoms with Crippen LogP contribution in [0.25, 0.3) is 0 Å². The Kier molecular flexibility index (Phi) is 3.69. The van der Waals surface area contributed by atoms with Crippen molar-refractivity contribution in [1.29, 1.82) is 0 Å². The number of hydrogen-bond acceptors (Lipinski definition) is 2. The number of anilines is 1. The second-order valence-corrected chi connectivity index (χ2v) is 4.67. The second kappa shape index (κ2) is 5.07. The van der Waals surface area contributed by atoms with Gasteiger partial charge in [-0.15, -0.1) is 12.4 Å². The summed E-state index contributed by atoms with van der Waals surface area (Å²) < 4.78 is 0. The highest BCUT2D eigenvalue weighted by Gasteiger charge is 2.29. The molecule has 1 aromatic rings. The van der Waals surface area contributed by atoms with Crippen LogP contribution in [-0.4, -0.2) is 12.5 Å². The number of hydrogen-bond donors (Lipinski definition) is 2. The molecule has 0 unspecified atom stereocenters. The summed E-state index contributed by atoms with van der Waals surface area (Å²) in [6.07, 6.45) is 3.20. The third-order valence-corrected chi connectivity index (χ3v) is 3.31. The number of fused-ring (bicyclic) bond motifs is 1. The standard InChI is InChI=1S/C13H16N2O.ClH/c16-13(10-1-2-10)15-12-4-3-9-5-6-14-8-11(9)7-12;/h3-4,7,10,14H,1-2,5-6,8H2,(H,15,16);1H. The second-order valence-electron chi connectivity index (χ2n) is 4.67. The van der Waals surface area contributed by atoms with E-state index in [4.69, 9.17) is 0 Å². The van der Waals surface area contributed by atoms with E-state index < -0.39 is 0 Å². The van der Waals surface area contributed by atoms with E-state index >= 15 is 0 Å². The number of nitrogens with one attached hydrogen (secondary N) is 2. The van der Waals surface area contributed by atoms with Gasteiger partial charge in [0.1, 0.15) is 0 Å². The molecule has 0 radical (unpaired) electrons. The predicted octanol–water partition coefficient (Wildman–Crippen LogP) is 2.10. The van der Waals surface area contributed by atoms with E-state index in [0.29, 0.717) is 0 Å². The molecule has 1 aromatic carbocycles. The molecule has 1 aliphatic heterocycles. The minimum Gasteiger partial charge on any atom is -0.326 e. The number of carbonyl (C=O) groups is 1. The fraction of sp³-hybridized carbons (Fsp3) is 0.462. The van der Waals surface area contributed by atoms with Gasteiger partial charge in [0.2, 0.25) is 5.91 Å². The molecule has 0 atom stereocenters. The smallest absolute Gasteiger partial charge is 0.227 e. The molecule has 0 spiro atoms. The first kappa shape index (κ1) is 12.4.